The van der Waals surface area contributed by atoms with E-state index in [0.29, 0.717) is 0 Å². The van der Waals surface area contributed by atoms with E-state index in [1.165, 1.54) is 10.8 Å². The quantitative estimate of drug-likeness (QED) is 0.108. The van der Waals surface area contributed by atoms with Crippen molar-refractivity contribution in [1.29, 1.82) is 0 Å². The summed E-state index contributed by atoms with van der Waals surface area (Å²) in [6.45, 7) is 35.1. The van der Waals surface area contributed by atoms with Gasteiger partial charge in [-0.05, 0) is 47.3 Å². The molecule has 0 saturated carbocycles. The van der Waals surface area contributed by atoms with Crippen LogP contribution in [0.5, 0.6) is 0 Å². The van der Waals surface area contributed by atoms with Crippen molar-refractivity contribution in [3.8, 4) is 0 Å². The Kier molecular flexibility index (Phi) is 68.4. The molecule has 0 fully saturated rings. The van der Waals surface area contributed by atoms with Crippen molar-refractivity contribution in [1.82, 2.24) is 39.9 Å². The number of aromatic amines is 2. The third-order valence-electron chi connectivity index (χ3n) is 17.5. The van der Waals surface area contributed by atoms with Crippen LogP contribution in [-0.2, 0) is 294 Å². The van der Waals surface area contributed by atoms with E-state index in [1.54, 1.807) is 43.4 Å². The van der Waals surface area contributed by atoms with Crippen molar-refractivity contribution in [3.63, 3.8) is 0 Å². The molecule has 10 aromatic heterocycles. The molecule has 2 N–H and O–H groups in total. The number of nitrogens with one attached hydrogen (secondary N) is 2. The molecule has 0 aliphatic carbocycles. The first kappa shape index (κ1) is 120. The summed E-state index contributed by atoms with van der Waals surface area (Å²) < 4.78 is 9.78. The van der Waals surface area contributed by atoms with Crippen LogP contribution in [0.3, 0.4) is 0 Å². The number of fused-ring (bicyclic) bond motifs is 7. The molecule has 0 bridgehead atoms. The summed E-state index contributed by atoms with van der Waals surface area (Å²) in [6, 6.07) is 63.6. The smallest absolute Gasteiger partial charge is 0.0543 e. The molecule has 587 valence electrons. The molecule has 0 atom stereocenters. The summed E-state index contributed by atoms with van der Waals surface area (Å²) >= 11 is 0. The van der Waals surface area contributed by atoms with Gasteiger partial charge >= 0.3 is 0 Å². The van der Waals surface area contributed by atoms with Crippen LogP contribution in [0.4, 0.5) is 0 Å². The zero-order valence-corrected chi connectivity index (χ0v) is 96.9. The maximum atomic E-state index is 5.03. The van der Waals surface area contributed by atoms with Crippen molar-refractivity contribution < 1.29 is 303 Å². The third kappa shape index (κ3) is 40.0. The largest absolute Gasteiger partial charge is 0.632 e. The van der Waals surface area contributed by atoms with E-state index < -0.39 is 0 Å². The SMILES string of the molecule is C[C-]=C(C)c1[c-][nH]cc1.C[C-]=C(C)c1[c-]cc2ccncc2c1.C[C-]=C(C)c1[c-]cc2cnccc2c1.C[C-]=C(C)c1[c-]cc2ncccc2c1.C[C-]=C(C)c1[c-]cc[nH]1.C[C-]=C(C)c1[c-]cco1.C[C-]=C(C)c1[c-]nc2c(ccc3cccnc32)c1.C[C-]=C(C)c1[c-]nc2ccccc2c1.C[C-]=C(C)c1[c-]occ1.[Y].[Y].[Y].[Y].[Y].[Y].[Y].[Y].[Y]. The Morgan fingerprint density at radius 2 is 0.807 bits per heavy atom. The first-order valence-corrected chi connectivity index (χ1v) is 35.7. The molecule has 119 heavy (non-hydrogen) atoms. The van der Waals surface area contributed by atoms with Crippen LogP contribution in [0.1, 0.15) is 175 Å². The van der Waals surface area contributed by atoms with E-state index in [-0.39, 0.29) is 294 Å². The number of nitrogens with zero attached hydrogens (tertiary/aromatic N) is 6. The van der Waals surface area contributed by atoms with Gasteiger partial charge in [-0.25, -0.2) is 72.4 Å². The summed E-state index contributed by atoms with van der Waals surface area (Å²) in [5, 5.41) is 9.14. The van der Waals surface area contributed by atoms with Crippen molar-refractivity contribution >= 4 is 115 Å². The number of furan rings is 2. The second kappa shape index (κ2) is 67.6. The molecule has 0 amide bonds. The van der Waals surface area contributed by atoms with Crippen molar-refractivity contribution in [2.75, 3.05) is 0 Å². The summed E-state index contributed by atoms with van der Waals surface area (Å²) in [6.07, 6.45) is 57.1. The third-order valence-corrected chi connectivity index (χ3v) is 17.5. The number of pyridine rings is 6. The topological polar surface area (TPSA) is 135 Å². The van der Waals surface area contributed by atoms with Gasteiger partial charge in [-0.1, -0.05) is 88.5 Å². The van der Waals surface area contributed by atoms with Gasteiger partial charge in [0.25, 0.3) is 0 Å². The van der Waals surface area contributed by atoms with Crippen molar-refractivity contribution in [2.24, 2.45) is 0 Å². The van der Waals surface area contributed by atoms with Crippen LogP contribution in [0.2, 0.25) is 0 Å². The monoisotopic (exact) mass is 2230 g/mol. The second-order valence-electron chi connectivity index (χ2n) is 24.4. The van der Waals surface area contributed by atoms with E-state index in [0.717, 1.165) is 155 Å². The summed E-state index contributed by atoms with van der Waals surface area (Å²) in [5.74, 6) is 0.775. The number of benzene rings is 5. The minimum absolute atomic E-state index is 0. The summed E-state index contributed by atoms with van der Waals surface area (Å²) in [7, 11) is 0. The average molecular weight is 2240 g/mol. The molecular weight excluding hydrogens is 2150 g/mol. The number of allylic oxidation sites excluding steroid dienone is 18. The molecule has 0 aliphatic heterocycles. The number of aromatic nitrogens is 8. The molecule has 5 aromatic carbocycles. The minimum Gasteiger partial charge on any atom is -0.632 e. The van der Waals surface area contributed by atoms with Crippen LogP contribution in [0.15, 0.2) is 217 Å². The Morgan fingerprint density at radius 1 is 0.336 bits per heavy atom. The molecule has 15 aromatic rings. The van der Waals surface area contributed by atoms with Gasteiger partial charge in [-0.3, -0.25) is 54.4 Å². The molecule has 0 saturated heterocycles. The summed E-state index contributed by atoms with van der Waals surface area (Å²) in [4.78, 5) is 31.4. The van der Waals surface area contributed by atoms with Crippen LogP contribution in [0.25, 0.3) is 115 Å². The maximum absolute atomic E-state index is 5.03. The molecular formula is C100H90N8O2Y9-18. The van der Waals surface area contributed by atoms with Crippen LogP contribution in [-0.4, -0.2) is 39.9 Å². The molecule has 0 spiro atoms. The predicted octanol–water partition coefficient (Wildman–Crippen LogP) is 25.5. The standard InChI is InChI=1S/C16H12N2.4C13H11N.2C8H9N.2C8H8O.9Y/c1-3-11(2)14-9-13-7-6-12-5-4-8-17-15(12)16(13)18-10-14;1-3-10(2)11-4-5-13-9-14-7-6-12(13)8-11;1-3-10(2)12-5-4-11-6-7-14-9-13(11)8-12;1-3-10(2)11-6-7-13-12(9-11)5-4-8-14-13;1-3-10(2)12-8-11-6-4-5-7-13(11)14-9-12;1-3-7(2)8-4-5-9-6-8;1-3-7(2)8-5-4-6-9-8;1-3-7(2)8-4-5-9-6-8;1-3-7(2)8-5-4-6-9-8;;;;;;;;;/h4-9H,1-2H3;5-9H,1-2H3;4,6-9H,1-2H3;4-5,7-9H,1-2H3;4-8H,1-2H3;4-5,9H,1-2H3;4,6,9H,1-2H3;4-5H,1-2H3;4,6H,1-2H3;;;;;;;;;/q9*-2;;;;;;;;;. The number of rotatable bonds is 9. The van der Waals surface area contributed by atoms with Gasteiger partial charge in [0.2, 0.25) is 0 Å². The van der Waals surface area contributed by atoms with E-state index in [2.05, 4.69) is 204 Å². The van der Waals surface area contributed by atoms with Gasteiger partial charge < -0.3 is 144 Å². The predicted molar refractivity (Wildman–Crippen MR) is 455 cm³/mol. The molecule has 9 radical (unpaired) electrons. The Bertz CT molecular complexity index is 5100. The average Bonchev–Trinajstić information content (AvgIpc) is 0.879. The Morgan fingerprint density at radius 3 is 1.35 bits per heavy atom. The van der Waals surface area contributed by atoms with Gasteiger partial charge in [0, 0.05) is 331 Å². The number of hydrogen-bond donors (Lipinski definition) is 2. The molecule has 0 aliphatic rings. The first-order chi connectivity index (χ1) is 53.4. The molecule has 19 heteroatoms. The molecule has 0 unspecified atom stereocenters. The summed E-state index contributed by atoms with van der Waals surface area (Å²) in [5.41, 5.74) is 22.0. The maximum Gasteiger partial charge on any atom is 0.0543 e. The Labute approximate surface area is 935 Å². The van der Waals surface area contributed by atoms with Crippen molar-refractivity contribution in [3.05, 3.63) is 368 Å². The van der Waals surface area contributed by atoms with Gasteiger partial charge in [0.1, 0.15) is 0 Å². The fourth-order valence-corrected chi connectivity index (χ4v) is 9.87. The fraction of sp³-hybridized carbons (Fsp3) is 0.180. The van der Waals surface area contributed by atoms with E-state index in [1.807, 2.05) is 234 Å². The van der Waals surface area contributed by atoms with Gasteiger partial charge in [0.05, 0.1) is 5.52 Å². The number of hydrogen-bond acceptors (Lipinski definition) is 8. The van der Waals surface area contributed by atoms with E-state index in [4.69, 9.17) is 8.83 Å². The zero-order valence-electron chi connectivity index (χ0n) is 71.3. The fourth-order valence-electron chi connectivity index (χ4n) is 9.87. The van der Waals surface area contributed by atoms with Crippen molar-refractivity contribution in [2.45, 2.75) is 125 Å². The normalized spacial score (nSPS) is 11.1. The molecule has 10 heterocycles. The van der Waals surface area contributed by atoms with Crippen LogP contribution < -0.4 is 0 Å². The first-order valence-electron chi connectivity index (χ1n) is 35.7. The molecule has 15 rings (SSSR count). The van der Waals surface area contributed by atoms with E-state index in [9.17, 15) is 0 Å². The van der Waals surface area contributed by atoms with Crippen LogP contribution >= 0.6 is 0 Å². The molecule has 10 nitrogen and oxygen atoms in total. The Hall–Kier alpha value is -2.72. The van der Waals surface area contributed by atoms with E-state index >= 15 is 0 Å². The van der Waals surface area contributed by atoms with Gasteiger partial charge in [-0.15, -0.1) is 172 Å². The van der Waals surface area contributed by atoms with Gasteiger partial charge in [0.15, 0.2) is 0 Å². The van der Waals surface area contributed by atoms with Crippen LogP contribution in [0, 0.1) is 110 Å². The van der Waals surface area contributed by atoms with Gasteiger partial charge in [-0.2, -0.15) is 36.2 Å². The minimum atomic E-state index is 0. The zero-order chi connectivity index (χ0) is 79.2. The Balaban J connectivity index is -0.00000127. The second-order valence-corrected chi connectivity index (χ2v) is 24.4. The number of para-hydroxylation sites is 1. The number of H-pyrrole nitrogens is 2.